The lowest BCUT2D eigenvalue weighted by Gasteiger charge is -2.27. The molecule has 0 N–H and O–H groups in total. The molecule has 39 heavy (non-hydrogen) atoms. The quantitative estimate of drug-likeness (QED) is 0.312. The second-order valence-electron chi connectivity index (χ2n) is 10.6. The van der Waals surface area contributed by atoms with Crippen LogP contribution in [-0.4, -0.2) is 41.4 Å². The second-order valence-corrected chi connectivity index (χ2v) is 10.6. The molecule has 0 atom stereocenters. The summed E-state index contributed by atoms with van der Waals surface area (Å²) in [5.41, 5.74) is 2.33. The number of nitrogens with zero attached hydrogens (tertiary/aromatic N) is 4. The van der Waals surface area contributed by atoms with E-state index in [1.807, 2.05) is 67.7 Å². The van der Waals surface area contributed by atoms with Crippen molar-refractivity contribution in [2.75, 3.05) is 29.9 Å². The van der Waals surface area contributed by atoms with Crippen LogP contribution >= 0.6 is 0 Å². The molecule has 4 aromatic rings. The summed E-state index contributed by atoms with van der Waals surface area (Å²) in [7, 11) is 1.73. The van der Waals surface area contributed by atoms with Crippen molar-refractivity contribution in [3.63, 3.8) is 0 Å². The van der Waals surface area contributed by atoms with Crippen molar-refractivity contribution in [3.8, 4) is 0 Å². The fraction of sp³-hybridized carbons (Fsp3) is 0.323. The van der Waals surface area contributed by atoms with Crippen LogP contribution < -0.4 is 15.4 Å². The third kappa shape index (κ3) is 5.00. The number of aromatic nitrogens is 1. The molecule has 0 unspecified atom stereocenters. The van der Waals surface area contributed by atoms with E-state index in [2.05, 4.69) is 4.90 Å². The zero-order chi connectivity index (χ0) is 27.7. The number of carbonyl (C=O) groups is 2. The van der Waals surface area contributed by atoms with Gasteiger partial charge >= 0.3 is 0 Å². The number of anilines is 2. The SMILES string of the molecule is CCN1C(=O)C(C)(C)C(=O)N(C)c2cc(CN(CCn3ccc4ccccc4c3=O)Cc3ccoc3)ccc21. The van der Waals surface area contributed by atoms with Crippen LogP contribution in [0.15, 0.2) is 82.5 Å². The Morgan fingerprint density at radius 2 is 1.67 bits per heavy atom. The molecule has 0 saturated heterocycles. The topological polar surface area (TPSA) is 79.0 Å². The van der Waals surface area contributed by atoms with E-state index < -0.39 is 5.41 Å². The molecular weight excluding hydrogens is 492 g/mol. The Morgan fingerprint density at radius 1 is 0.897 bits per heavy atom. The van der Waals surface area contributed by atoms with E-state index in [1.54, 1.807) is 47.8 Å². The van der Waals surface area contributed by atoms with Gasteiger partial charge in [0, 0.05) is 56.9 Å². The van der Waals surface area contributed by atoms with Crippen molar-refractivity contribution in [1.82, 2.24) is 9.47 Å². The fourth-order valence-corrected chi connectivity index (χ4v) is 5.31. The summed E-state index contributed by atoms with van der Waals surface area (Å²) >= 11 is 0. The lowest BCUT2D eigenvalue weighted by Crippen LogP contribution is -2.47. The van der Waals surface area contributed by atoms with Gasteiger partial charge in [-0.05, 0) is 62.1 Å². The summed E-state index contributed by atoms with van der Waals surface area (Å²) in [5.74, 6) is -0.427. The molecule has 2 amide bonds. The summed E-state index contributed by atoms with van der Waals surface area (Å²) in [6.45, 7) is 8.14. The summed E-state index contributed by atoms with van der Waals surface area (Å²) in [6.07, 6.45) is 5.23. The fourth-order valence-electron chi connectivity index (χ4n) is 5.31. The van der Waals surface area contributed by atoms with Crippen LogP contribution in [0.2, 0.25) is 0 Å². The Hall–Kier alpha value is -4.17. The first-order valence-electron chi connectivity index (χ1n) is 13.3. The van der Waals surface area contributed by atoms with Crippen LogP contribution in [-0.2, 0) is 29.2 Å². The normalized spacial score (nSPS) is 15.2. The van der Waals surface area contributed by atoms with E-state index in [0.29, 0.717) is 43.8 Å². The molecule has 0 bridgehead atoms. The predicted molar refractivity (Wildman–Crippen MR) is 153 cm³/mol. The molecule has 1 aliphatic heterocycles. The Labute approximate surface area is 228 Å². The summed E-state index contributed by atoms with van der Waals surface area (Å²) < 4.78 is 7.05. The van der Waals surface area contributed by atoms with Gasteiger partial charge in [-0.3, -0.25) is 19.3 Å². The number of rotatable bonds is 8. The van der Waals surface area contributed by atoms with Gasteiger partial charge in [0.25, 0.3) is 5.56 Å². The number of hydrogen-bond donors (Lipinski definition) is 0. The van der Waals surface area contributed by atoms with Gasteiger partial charge in [0.05, 0.1) is 23.9 Å². The third-order valence-electron chi connectivity index (χ3n) is 7.56. The van der Waals surface area contributed by atoms with Gasteiger partial charge < -0.3 is 18.8 Å². The largest absolute Gasteiger partial charge is 0.472 e. The van der Waals surface area contributed by atoms with E-state index >= 15 is 0 Å². The summed E-state index contributed by atoms with van der Waals surface area (Å²) in [5, 5.41) is 1.64. The van der Waals surface area contributed by atoms with Crippen molar-refractivity contribution in [1.29, 1.82) is 0 Å². The lowest BCUT2D eigenvalue weighted by atomic mass is 9.90. The highest BCUT2D eigenvalue weighted by atomic mass is 16.3. The monoisotopic (exact) mass is 526 g/mol. The Kier molecular flexibility index (Phi) is 7.14. The summed E-state index contributed by atoms with van der Waals surface area (Å²) in [6, 6.07) is 17.5. The van der Waals surface area contributed by atoms with Crippen LogP contribution in [0.25, 0.3) is 10.8 Å². The number of benzene rings is 2. The first kappa shape index (κ1) is 26.4. The number of pyridine rings is 1. The zero-order valence-corrected chi connectivity index (χ0v) is 22.9. The first-order valence-corrected chi connectivity index (χ1v) is 13.3. The lowest BCUT2D eigenvalue weighted by molar-refractivity contribution is -0.137. The number of hydrogen-bond acceptors (Lipinski definition) is 5. The number of amides is 2. The van der Waals surface area contributed by atoms with Crippen LogP contribution in [0, 0.1) is 5.41 Å². The maximum absolute atomic E-state index is 13.3. The van der Waals surface area contributed by atoms with E-state index in [-0.39, 0.29) is 17.4 Å². The number of fused-ring (bicyclic) bond motifs is 2. The third-order valence-corrected chi connectivity index (χ3v) is 7.56. The number of carbonyl (C=O) groups excluding carboxylic acids is 2. The van der Waals surface area contributed by atoms with Gasteiger partial charge in [-0.15, -0.1) is 0 Å². The van der Waals surface area contributed by atoms with Gasteiger partial charge in [0.2, 0.25) is 11.8 Å². The minimum absolute atomic E-state index is 0.00605. The number of furan rings is 1. The molecule has 0 aliphatic carbocycles. The van der Waals surface area contributed by atoms with Crippen molar-refractivity contribution in [2.45, 2.75) is 40.4 Å². The predicted octanol–water partition coefficient (Wildman–Crippen LogP) is 4.65. The Morgan fingerprint density at radius 3 is 2.41 bits per heavy atom. The second kappa shape index (κ2) is 10.5. The van der Waals surface area contributed by atoms with E-state index in [1.165, 1.54) is 0 Å². The molecule has 8 nitrogen and oxygen atoms in total. The van der Waals surface area contributed by atoms with E-state index in [9.17, 15) is 14.4 Å². The Bertz CT molecular complexity index is 1570. The smallest absolute Gasteiger partial charge is 0.258 e. The van der Waals surface area contributed by atoms with Crippen LogP contribution in [0.5, 0.6) is 0 Å². The molecule has 0 saturated carbocycles. The van der Waals surface area contributed by atoms with Gasteiger partial charge in [-0.2, -0.15) is 0 Å². The van der Waals surface area contributed by atoms with Gasteiger partial charge in [0.1, 0.15) is 5.41 Å². The standard InChI is InChI=1S/C31H34N4O4/c1-5-35-26-11-10-22(18-27(26)32(4)29(37)31(2,3)30(35)38)19-33(20-23-13-17-39-21-23)15-16-34-14-12-24-8-6-7-9-25(24)28(34)36/h6-14,17-18,21H,5,15-16,19-20H2,1-4H3. The van der Waals surface area contributed by atoms with Crippen molar-refractivity contribution < 1.29 is 14.0 Å². The highest BCUT2D eigenvalue weighted by molar-refractivity contribution is 6.19. The van der Waals surface area contributed by atoms with Crippen LogP contribution in [0.3, 0.4) is 0 Å². The van der Waals surface area contributed by atoms with Crippen LogP contribution in [0.4, 0.5) is 11.4 Å². The summed E-state index contributed by atoms with van der Waals surface area (Å²) in [4.78, 5) is 45.1. The molecule has 0 spiro atoms. The molecule has 0 fully saturated rings. The zero-order valence-electron chi connectivity index (χ0n) is 22.9. The van der Waals surface area contributed by atoms with E-state index in [0.717, 1.165) is 22.2 Å². The van der Waals surface area contributed by atoms with Gasteiger partial charge in [-0.25, -0.2) is 0 Å². The molecule has 3 heterocycles. The van der Waals surface area contributed by atoms with Gasteiger partial charge in [0.15, 0.2) is 0 Å². The minimum Gasteiger partial charge on any atom is -0.472 e. The molecule has 0 radical (unpaired) electrons. The molecule has 2 aromatic heterocycles. The molecular formula is C31H34N4O4. The Balaban J connectivity index is 1.43. The minimum atomic E-state index is -1.15. The molecule has 8 heteroatoms. The van der Waals surface area contributed by atoms with Gasteiger partial charge in [-0.1, -0.05) is 24.3 Å². The molecule has 2 aromatic carbocycles. The first-order chi connectivity index (χ1) is 18.7. The van der Waals surface area contributed by atoms with Crippen molar-refractivity contribution in [2.24, 2.45) is 5.41 Å². The highest BCUT2D eigenvalue weighted by Gasteiger charge is 2.45. The molecule has 202 valence electrons. The highest BCUT2D eigenvalue weighted by Crippen LogP contribution is 2.39. The molecule has 5 rings (SSSR count). The van der Waals surface area contributed by atoms with E-state index in [4.69, 9.17) is 4.42 Å². The maximum atomic E-state index is 13.3. The average molecular weight is 527 g/mol. The van der Waals surface area contributed by atoms with Crippen molar-refractivity contribution >= 4 is 34.0 Å². The molecule has 1 aliphatic rings. The van der Waals surface area contributed by atoms with Crippen LogP contribution in [0.1, 0.15) is 31.9 Å². The van der Waals surface area contributed by atoms with Crippen molar-refractivity contribution in [3.05, 3.63) is 94.8 Å². The maximum Gasteiger partial charge on any atom is 0.258 e. The average Bonchev–Trinajstić information content (AvgIpc) is 3.44.